The first-order valence-electron chi connectivity index (χ1n) is 10.8. The van der Waals surface area contributed by atoms with E-state index in [9.17, 15) is 23.2 Å². The molecule has 4 aromatic rings. The Morgan fingerprint density at radius 1 is 1.17 bits per heavy atom. The number of nitrogen functional groups attached to an aromatic ring is 1. The normalized spacial score (nSPS) is 15.7. The van der Waals surface area contributed by atoms with Crippen molar-refractivity contribution in [3.8, 4) is 17.5 Å². The van der Waals surface area contributed by atoms with Crippen molar-refractivity contribution in [3.63, 3.8) is 0 Å². The lowest BCUT2D eigenvalue weighted by Gasteiger charge is -2.11. The fourth-order valence-electron chi connectivity index (χ4n) is 4.13. The summed E-state index contributed by atoms with van der Waals surface area (Å²) in [4.78, 5) is 26.5. The van der Waals surface area contributed by atoms with E-state index in [0.717, 1.165) is 24.8 Å². The highest BCUT2D eigenvalue weighted by atomic mass is 19.4. The van der Waals surface area contributed by atoms with Gasteiger partial charge in [-0.3, -0.25) is 4.79 Å². The smallest absolute Gasteiger partial charge is 0.383 e. The van der Waals surface area contributed by atoms with E-state index >= 15 is 0 Å². The lowest BCUT2D eigenvalue weighted by Crippen LogP contribution is -2.17. The Bertz CT molecular complexity index is 1490. The van der Waals surface area contributed by atoms with Crippen LogP contribution in [0.15, 0.2) is 48.9 Å². The maximum Gasteiger partial charge on any atom is 0.416 e. The summed E-state index contributed by atoms with van der Waals surface area (Å²) in [6.07, 6.45) is 0.648. The Balaban J connectivity index is 1.43. The van der Waals surface area contributed by atoms with Crippen molar-refractivity contribution in [3.05, 3.63) is 60.0 Å². The van der Waals surface area contributed by atoms with Crippen LogP contribution in [0.25, 0.3) is 22.3 Å². The third-order valence-electron chi connectivity index (χ3n) is 5.92. The molecule has 4 heterocycles. The molecule has 1 amide bonds. The second-order valence-electron chi connectivity index (χ2n) is 8.20. The van der Waals surface area contributed by atoms with Crippen molar-refractivity contribution in [2.45, 2.75) is 18.6 Å². The van der Waals surface area contributed by atoms with Crippen LogP contribution in [0, 0.1) is 11.5 Å². The fourth-order valence-corrected chi connectivity index (χ4v) is 4.13. The van der Waals surface area contributed by atoms with Gasteiger partial charge in [0.05, 0.1) is 23.5 Å². The molecule has 1 saturated heterocycles. The molecule has 1 aliphatic rings. The zero-order chi connectivity index (χ0) is 25.4. The van der Waals surface area contributed by atoms with Gasteiger partial charge in [-0.1, -0.05) is 12.1 Å². The fraction of sp³-hybridized carbons (Fsp3) is 0.217. The Labute approximate surface area is 202 Å². The molecule has 0 saturated carbocycles. The molecule has 0 radical (unpaired) electrons. The van der Waals surface area contributed by atoms with Crippen LogP contribution in [0.4, 0.5) is 24.8 Å². The van der Waals surface area contributed by atoms with Gasteiger partial charge >= 0.3 is 6.18 Å². The van der Waals surface area contributed by atoms with Crippen LogP contribution in [-0.4, -0.2) is 48.6 Å². The van der Waals surface area contributed by atoms with E-state index < -0.39 is 17.6 Å². The van der Waals surface area contributed by atoms with Gasteiger partial charge in [-0.05, 0) is 30.7 Å². The van der Waals surface area contributed by atoms with Crippen LogP contribution in [0.2, 0.25) is 0 Å². The first-order chi connectivity index (χ1) is 17.2. The summed E-state index contributed by atoms with van der Waals surface area (Å²) in [7, 11) is 0. The minimum Gasteiger partial charge on any atom is -0.383 e. The van der Waals surface area contributed by atoms with Gasteiger partial charge in [-0.2, -0.15) is 23.5 Å². The third kappa shape index (κ3) is 4.24. The average Bonchev–Trinajstić information content (AvgIpc) is 3.49. The quantitative estimate of drug-likeness (QED) is 0.412. The SMILES string of the molecule is N#CN1CC[C@@H](n2nc(-c3ccc(C(=O)Nc4cc(C(F)(F)F)ccn4)cc3)c3c(N)ncnc32)C1. The van der Waals surface area contributed by atoms with Gasteiger partial charge < -0.3 is 16.0 Å². The molecule has 0 bridgehead atoms. The molecule has 3 N–H and O–H groups in total. The molecular formula is C23H18F3N9O. The number of carbonyl (C=O) groups excluding carboxylic acids is 1. The Hall–Kier alpha value is -4.73. The second-order valence-corrected chi connectivity index (χ2v) is 8.20. The Morgan fingerprint density at radius 2 is 1.94 bits per heavy atom. The number of aromatic nitrogens is 5. The molecular weight excluding hydrogens is 475 g/mol. The first kappa shape index (κ1) is 23.0. The largest absolute Gasteiger partial charge is 0.416 e. The van der Waals surface area contributed by atoms with Gasteiger partial charge in [0.1, 0.15) is 23.7 Å². The lowest BCUT2D eigenvalue weighted by atomic mass is 10.1. The van der Waals surface area contributed by atoms with E-state index in [1.807, 2.05) is 0 Å². The number of carbonyl (C=O) groups is 1. The number of fused-ring (bicyclic) bond motifs is 1. The maximum atomic E-state index is 12.9. The number of likely N-dealkylation sites (tertiary alicyclic amines) is 1. The van der Waals surface area contributed by atoms with Crippen LogP contribution in [0.5, 0.6) is 0 Å². The molecule has 36 heavy (non-hydrogen) atoms. The van der Waals surface area contributed by atoms with E-state index in [2.05, 4.69) is 26.5 Å². The summed E-state index contributed by atoms with van der Waals surface area (Å²) in [5.74, 6) is -0.584. The molecule has 3 aromatic heterocycles. The van der Waals surface area contributed by atoms with Crippen LogP contribution >= 0.6 is 0 Å². The summed E-state index contributed by atoms with van der Waals surface area (Å²) in [6, 6.07) is 7.88. The standard InChI is InChI=1S/C23H18F3N9O/c24-23(25,26)15-5-7-29-17(9-15)32-22(36)14-3-1-13(2-4-14)19-18-20(28)30-12-31-21(18)35(33-19)16-6-8-34(10-16)11-27/h1-5,7,9,12,16H,6,8,10H2,(H2,28,30,31)(H,29,32,36)/t16-/m1/s1. The number of hydrogen-bond donors (Lipinski definition) is 2. The number of benzene rings is 1. The number of rotatable bonds is 4. The van der Waals surface area contributed by atoms with E-state index in [1.165, 1.54) is 18.5 Å². The number of nitrogens with zero attached hydrogens (tertiary/aromatic N) is 7. The van der Waals surface area contributed by atoms with Crippen LogP contribution < -0.4 is 11.1 Å². The van der Waals surface area contributed by atoms with Crippen molar-refractivity contribution in [1.29, 1.82) is 5.26 Å². The van der Waals surface area contributed by atoms with Crippen molar-refractivity contribution in [2.75, 3.05) is 24.1 Å². The zero-order valence-electron chi connectivity index (χ0n) is 18.6. The molecule has 0 spiro atoms. The number of nitrogens with one attached hydrogen (secondary N) is 1. The highest BCUT2D eigenvalue weighted by Gasteiger charge is 2.31. The summed E-state index contributed by atoms with van der Waals surface area (Å²) in [5, 5.41) is 16.9. The molecule has 1 fully saturated rings. The van der Waals surface area contributed by atoms with Gasteiger partial charge in [-0.15, -0.1) is 0 Å². The highest BCUT2D eigenvalue weighted by Crippen LogP contribution is 2.34. The van der Waals surface area contributed by atoms with Gasteiger partial charge in [0.25, 0.3) is 5.91 Å². The Kier molecular flexibility index (Phi) is 5.63. The average molecular weight is 493 g/mol. The molecule has 1 aliphatic heterocycles. The van der Waals surface area contributed by atoms with Crippen LogP contribution in [0.1, 0.15) is 28.4 Å². The van der Waals surface area contributed by atoms with Crippen molar-refractivity contribution >= 4 is 28.6 Å². The van der Waals surface area contributed by atoms with Crippen molar-refractivity contribution < 1.29 is 18.0 Å². The number of anilines is 2. The zero-order valence-corrected chi connectivity index (χ0v) is 18.6. The molecule has 1 atom stereocenters. The molecule has 182 valence electrons. The van der Waals surface area contributed by atoms with Gasteiger partial charge in [0.15, 0.2) is 11.8 Å². The maximum absolute atomic E-state index is 12.9. The summed E-state index contributed by atoms with van der Waals surface area (Å²) < 4.78 is 40.5. The lowest BCUT2D eigenvalue weighted by molar-refractivity contribution is -0.137. The third-order valence-corrected chi connectivity index (χ3v) is 5.92. The number of hydrogen-bond acceptors (Lipinski definition) is 8. The van der Waals surface area contributed by atoms with Crippen molar-refractivity contribution in [1.82, 2.24) is 29.6 Å². The number of pyridine rings is 1. The van der Waals surface area contributed by atoms with Crippen LogP contribution in [-0.2, 0) is 6.18 Å². The first-order valence-corrected chi connectivity index (χ1v) is 10.8. The number of nitrogens with two attached hydrogens (primary N) is 1. The van der Waals surface area contributed by atoms with E-state index in [-0.39, 0.29) is 23.2 Å². The second kappa shape index (κ2) is 8.81. The van der Waals surface area contributed by atoms with Gasteiger partial charge in [-0.25, -0.2) is 19.6 Å². The van der Waals surface area contributed by atoms with Crippen molar-refractivity contribution in [2.24, 2.45) is 0 Å². The molecule has 0 unspecified atom stereocenters. The van der Waals surface area contributed by atoms with Gasteiger partial charge in [0, 0.05) is 23.9 Å². The number of alkyl halides is 3. The number of nitriles is 1. The van der Waals surface area contributed by atoms with E-state index in [1.54, 1.807) is 21.7 Å². The molecule has 5 rings (SSSR count). The molecule has 1 aromatic carbocycles. The predicted octanol–water partition coefficient (Wildman–Crippen LogP) is 3.47. The molecule has 13 heteroatoms. The number of halogens is 3. The topological polar surface area (TPSA) is 139 Å². The highest BCUT2D eigenvalue weighted by molar-refractivity contribution is 6.04. The summed E-state index contributed by atoms with van der Waals surface area (Å²) >= 11 is 0. The van der Waals surface area contributed by atoms with E-state index in [4.69, 9.17) is 10.8 Å². The Morgan fingerprint density at radius 3 is 2.64 bits per heavy atom. The van der Waals surface area contributed by atoms with Gasteiger partial charge in [0.2, 0.25) is 0 Å². The monoisotopic (exact) mass is 493 g/mol. The van der Waals surface area contributed by atoms with E-state index in [0.29, 0.717) is 35.4 Å². The summed E-state index contributed by atoms with van der Waals surface area (Å²) in [5.41, 5.74) is 7.15. The predicted molar refractivity (Wildman–Crippen MR) is 123 cm³/mol. The minimum absolute atomic E-state index is 0.0692. The minimum atomic E-state index is -4.55. The van der Waals surface area contributed by atoms with Crippen LogP contribution in [0.3, 0.4) is 0 Å². The number of amides is 1. The molecule has 10 nitrogen and oxygen atoms in total. The molecule has 0 aliphatic carbocycles. The summed E-state index contributed by atoms with van der Waals surface area (Å²) in [6.45, 7) is 1.11.